The van der Waals surface area contributed by atoms with Crippen molar-refractivity contribution in [2.24, 2.45) is 0 Å². The van der Waals surface area contributed by atoms with Crippen LogP contribution in [-0.4, -0.2) is 48.3 Å². The lowest BCUT2D eigenvalue weighted by molar-refractivity contribution is 0.0690. The van der Waals surface area contributed by atoms with E-state index in [9.17, 15) is 9.90 Å². The number of aromatic carboxylic acids is 1. The first-order chi connectivity index (χ1) is 12.0. The molecule has 0 aliphatic carbocycles. The van der Waals surface area contributed by atoms with Gasteiger partial charge in [0.1, 0.15) is 5.65 Å². The van der Waals surface area contributed by atoms with Crippen molar-refractivity contribution >= 4 is 17.6 Å². The Balaban J connectivity index is 1.60. The zero-order valence-corrected chi connectivity index (χ0v) is 14.3. The molecular formula is C17H20N6O2. The van der Waals surface area contributed by atoms with Crippen LogP contribution in [-0.2, 0) is 0 Å². The Bertz CT molecular complexity index is 936. The smallest absolute Gasteiger partial charge is 0.354 e. The van der Waals surface area contributed by atoms with Crippen molar-refractivity contribution in [2.75, 3.05) is 18.0 Å². The Morgan fingerprint density at radius 1 is 1.24 bits per heavy atom. The Morgan fingerprint density at radius 2 is 2.00 bits per heavy atom. The van der Waals surface area contributed by atoms with Gasteiger partial charge in [0, 0.05) is 37.2 Å². The first-order valence-corrected chi connectivity index (χ1v) is 8.38. The summed E-state index contributed by atoms with van der Waals surface area (Å²) in [6, 6.07) is 3.96. The van der Waals surface area contributed by atoms with Crippen molar-refractivity contribution in [3.8, 4) is 0 Å². The number of anilines is 1. The summed E-state index contributed by atoms with van der Waals surface area (Å²) < 4.78 is 3.96. The summed E-state index contributed by atoms with van der Waals surface area (Å²) >= 11 is 0. The van der Waals surface area contributed by atoms with E-state index in [0.717, 1.165) is 31.6 Å². The third-order valence-electron chi connectivity index (χ3n) is 4.73. The molecule has 1 aliphatic rings. The van der Waals surface area contributed by atoms with Crippen LogP contribution in [0.5, 0.6) is 0 Å². The Hall–Kier alpha value is -2.90. The van der Waals surface area contributed by atoms with Gasteiger partial charge in [-0.3, -0.25) is 9.08 Å². The number of imidazole rings is 1. The second-order valence-corrected chi connectivity index (χ2v) is 6.49. The van der Waals surface area contributed by atoms with Crippen molar-refractivity contribution in [3.63, 3.8) is 0 Å². The molecule has 1 N–H and O–H groups in total. The molecule has 8 heteroatoms. The molecule has 1 fully saturated rings. The minimum atomic E-state index is -1.04. The number of carboxylic acids is 1. The molecule has 0 aromatic carbocycles. The van der Waals surface area contributed by atoms with Crippen LogP contribution in [0, 0.1) is 13.8 Å². The predicted octanol–water partition coefficient (Wildman–Crippen LogP) is 2.08. The van der Waals surface area contributed by atoms with E-state index in [1.807, 2.05) is 17.5 Å². The van der Waals surface area contributed by atoms with Gasteiger partial charge in [-0.25, -0.2) is 14.8 Å². The molecule has 3 aromatic rings. The minimum Gasteiger partial charge on any atom is -0.477 e. The van der Waals surface area contributed by atoms with Gasteiger partial charge in [0.15, 0.2) is 5.69 Å². The van der Waals surface area contributed by atoms with E-state index in [1.54, 1.807) is 6.20 Å². The number of hydrogen-bond donors (Lipinski definition) is 1. The van der Waals surface area contributed by atoms with Crippen molar-refractivity contribution in [1.29, 1.82) is 0 Å². The molecule has 0 bridgehead atoms. The van der Waals surface area contributed by atoms with Crippen LogP contribution in [0.3, 0.4) is 0 Å². The summed E-state index contributed by atoms with van der Waals surface area (Å²) in [6.45, 7) is 5.69. The highest BCUT2D eigenvalue weighted by Crippen LogP contribution is 2.27. The molecule has 3 aromatic heterocycles. The normalized spacial score (nSPS) is 15.8. The van der Waals surface area contributed by atoms with Gasteiger partial charge in [0.2, 0.25) is 5.95 Å². The molecule has 130 valence electrons. The first-order valence-electron chi connectivity index (χ1n) is 8.38. The molecule has 0 atom stereocenters. The van der Waals surface area contributed by atoms with Gasteiger partial charge in [0.25, 0.3) is 0 Å². The van der Waals surface area contributed by atoms with Crippen LogP contribution < -0.4 is 4.90 Å². The summed E-state index contributed by atoms with van der Waals surface area (Å²) in [5.74, 6) is -0.400. The third-order valence-corrected chi connectivity index (χ3v) is 4.73. The number of hydrogen-bond acceptors (Lipinski definition) is 5. The highest BCUT2D eigenvalue weighted by Gasteiger charge is 2.25. The molecule has 4 rings (SSSR count). The zero-order chi connectivity index (χ0) is 17.6. The molecule has 0 radical (unpaired) electrons. The van der Waals surface area contributed by atoms with Gasteiger partial charge < -0.3 is 10.0 Å². The molecule has 1 aliphatic heterocycles. The van der Waals surface area contributed by atoms with E-state index >= 15 is 0 Å². The summed E-state index contributed by atoms with van der Waals surface area (Å²) in [6.07, 6.45) is 5.36. The largest absolute Gasteiger partial charge is 0.477 e. The SMILES string of the molecule is Cc1cc(C)n(C2CCN(c3nc(C(=O)O)cc4nccn34)CC2)n1. The Labute approximate surface area is 144 Å². The van der Waals surface area contributed by atoms with Gasteiger partial charge in [-0.15, -0.1) is 0 Å². The molecular weight excluding hydrogens is 320 g/mol. The van der Waals surface area contributed by atoms with Crippen LogP contribution in [0.2, 0.25) is 0 Å². The van der Waals surface area contributed by atoms with E-state index in [-0.39, 0.29) is 5.69 Å². The second-order valence-electron chi connectivity index (χ2n) is 6.49. The molecule has 25 heavy (non-hydrogen) atoms. The lowest BCUT2D eigenvalue weighted by atomic mass is 10.1. The van der Waals surface area contributed by atoms with E-state index < -0.39 is 5.97 Å². The maximum Gasteiger partial charge on any atom is 0.354 e. The lowest BCUT2D eigenvalue weighted by Gasteiger charge is -2.33. The standard InChI is InChI=1S/C17H20N6O2/c1-11-9-12(2)23(20-11)13-3-6-21(7-4-13)17-19-14(16(24)25)10-15-18-5-8-22(15)17/h5,8-10,13H,3-4,6-7H2,1-2H3,(H,24,25). The van der Waals surface area contributed by atoms with Crippen LogP contribution >= 0.6 is 0 Å². The number of rotatable bonds is 3. The van der Waals surface area contributed by atoms with Gasteiger partial charge in [-0.05, 0) is 32.8 Å². The fourth-order valence-electron chi connectivity index (χ4n) is 3.57. The molecule has 0 unspecified atom stereocenters. The van der Waals surface area contributed by atoms with E-state index in [4.69, 9.17) is 0 Å². The Morgan fingerprint density at radius 3 is 2.64 bits per heavy atom. The molecule has 0 spiro atoms. The maximum absolute atomic E-state index is 11.3. The summed E-state index contributed by atoms with van der Waals surface area (Å²) in [7, 11) is 0. The quantitative estimate of drug-likeness (QED) is 0.785. The molecule has 0 amide bonds. The average Bonchev–Trinajstić information content (AvgIpc) is 3.20. The maximum atomic E-state index is 11.3. The summed E-state index contributed by atoms with van der Waals surface area (Å²) in [4.78, 5) is 22.0. The highest BCUT2D eigenvalue weighted by atomic mass is 16.4. The fraction of sp³-hybridized carbons (Fsp3) is 0.412. The molecule has 4 heterocycles. The second kappa shape index (κ2) is 5.87. The van der Waals surface area contributed by atoms with Gasteiger partial charge in [0.05, 0.1) is 11.7 Å². The van der Waals surface area contributed by atoms with Crippen LogP contribution in [0.1, 0.15) is 40.8 Å². The topological polar surface area (TPSA) is 88.5 Å². The Kier molecular flexibility index (Phi) is 3.67. The molecule has 8 nitrogen and oxygen atoms in total. The van der Waals surface area contributed by atoms with Crippen LogP contribution in [0.4, 0.5) is 5.95 Å². The molecule has 1 saturated heterocycles. The number of nitrogens with zero attached hydrogens (tertiary/aromatic N) is 6. The summed E-state index contributed by atoms with van der Waals surface area (Å²) in [5.41, 5.74) is 2.84. The first kappa shape index (κ1) is 15.6. The average molecular weight is 340 g/mol. The van der Waals surface area contributed by atoms with E-state index in [2.05, 4.69) is 37.6 Å². The lowest BCUT2D eigenvalue weighted by Crippen LogP contribution is -2.37. The van der Waals surface area contributed by atoms with Crippen LogP contribution in [0.25, 0.3) is 5.65 Å². The van der Waals surface area contributed by atoms with E-state index in [1.165, 1.54) is 11.8 Å². The van der Waals surface area contributed by atoms with Gasteiger partial charge >= 0.3 is 5.97 Å². The zero-order valence-electron chi connectivity index (χ0n) is 14.3. The van der Waals surface area contributed by atoms with Crippen molar-refractivity contribution < 1.29 is 9.90 Å². The number of piperidine rings is 1. The number of aromatic nitrogens is 5. The predicted molar refractivity (Wildman–Crippen MR) is 92.1 cm³/mol. The van der Waals surface area contributed by atoms with Crippen molar-refractivity contribution in [2.45, 2.75) is 32.7 Å². The van der Waals surface area contributed by atoms with Crippen molar-refractivity contribution in [3.05, 3.63) is 41.6 Å². The number of fused-ring (bicyclic) bond motifs is 1. The summed E-state index contributed by atoms with van der Waals surface area (Å²) in [5, 5.41) is 13.9. The van der Waals surface area contributed by atoms with Crippen molar-refractivity contribution in [1.82, 2.24) is 24.1 Å². The van der Waals surface area contributed by atoms with Gasteiger partial charge in [-0.2, -0.15) is 5.10 Å². The third kappa shape index (κ3) is 2.73. The van der Waals surface area contributed by atoms with Gasteiger partial charge in [-0.1, -0.05) is 0 Å². The highest BCUT2D eigenvalue weighted by molar-refractivity contribution is 5.87. The fourth-order valence-corrected chi connectivity index (χ4v) is 3.57. The van der Waals surface area contributed by atoms with Crippen LogP contribution in [0.15, 0.2) is 24.5 Å². The monoisotopic (exact) mass is 340 g/mol. The number of carboxylic acid groups (broad SMARTS) is 1. The number of carbonyl (C=O) groups is 1. The minimum absolute atomic E-state index is 0.0226. The molecule has 0 saturated carbocycles. The number of aryl methyl sites for hydroxylation is 2. The van der Waals surface area contributed by atoms with E-state index in [0.29, 0.717) is 17.6 Å².